The fraction of sp³-hybridized carbons (Fsp3) is 0.818. The maximum atomic E-state index is 9.15. The summed E-state index contributed by atoms with van der Waals surface area (Å²) in [6, 6.07) is 0. The normalized spacial score (nSPS) is 27.1. The van der Waals surface area contributed by atoms with Gasteiger partial charge in [0.05, 0.1) is 12.7 Å². The Labute approximate surface area is 80.6 Å². The Hall–Kier alpha value is -0.340. The molecule has 0 spiro atoms. The first-order valence-electron chi connectivity index (χ1n) is 5.06. The molecule has 0 amide bonds. The zero-order valence-electron chi connectivity index (χ0n) is 8.46. The van der Waals surface area contributed by atoms with Crippen molar-refractivity contribution in [2.45, 2.75) is 38.7 Å². The largest absolute Gasteiger partial charge is 0.395 e. The fourth-order valence-corrected chi connectivity index (χ4v) is 1.61. The quantitative estimate of drug-likeness (QED) is 0.663. The molecule has 0 aliphatic carbocycles. The van der Waals surface area contributed by atoms with Crippen molar-refractivity contribution in [2.24, 2.45) is 5.41 Å². The van der Waals surface area contributed by atoms with Crippen molar-refractivity contribution in [3.05, 3.63) is 12.7 Å². The third kappa shape index (κ3) is 3.12. The Morgan fingerprint density at radius 2 is 2.46 bits per heavy atom. The minimum Gasteiger partial charge on any atom is -0.395 e. The van der Waals surface area contributed by atoms with E-state index in [1.54, 1.807) is 0 Å². The lowest BCUT2D eigenvalue weighted by molar-refractivity contribution is 0.0849. The molecule has 2 nitrogen and oxygen atoms in total. The smallest absolute Gasteiger partial charge is 0.0576 e. The van der Waals surface area contributed by atoms with Crippen LogP contribution in [-0.4, -0.2) is 24.4 Å². The van der Waals surface area contributed by atoms with Gasteiger partial charge in [0.2, 0.25) is 0 Å². The first-order chi connectivity index (χ1) is 6.20. The molecule has 0 bridgehead atoms. The van der Waals surface area contributed by atoms with Crippen molar-refractivity contribution < 1.29 is 9.84 Å². The van der Waals surface area contributed by atoms with Crippen LogP contribution in [0, 0.1) is 5.41 Å². The summed E-state index contributed by atoms with van der Waals surface area (Å²) in [5.74, 6) is 0. The molecular weight excluding hydrogens is 164 g/mol. The van der Waals surface area contributed by atoms with Gasteiger partial charge in [-0.2, -0.15) is 0 Å². The van der Waals surface area contributed by atoms with Crippen molar-refractivity contribution in [2.75, 3.05) is 13.2 Å². The van der Waals surface area contributed by atoms with E-state index in [1.807, 2.05) is 13.0 Å². The van der Waals surface area contributed by atoms with E-state index in [0.717, 1.165) is 19.4 Å². The van der Waals surface area contributed by atoms with Crippen molar-refractivity contribution in [1.82, 2.24) is 0 Å². The van der Waals surface area contributed by atoms with Crippen molar-refractivity contribution in [1.29, 1.82) is 0 Å². The SMILES string of the molecule is C=CC(C)(CO)CCC1CCCO1. The summed E-state index contributed by atoms with van der Waals surface area (Å²) < 4.78 is 5.52. The molecule has 2 heteroatoms. The molecule has 0 saturated carbocycles. The van der Waals surface area contributed by atoms with Gasteiger partial charge in [-0.15, -0.1) is 6.58 Å². The van der Waals surface area contributed by atoms with E-state index in [2.05, 4.69) is 6.58 Å². The molecule has 2 unspecified atom stereocenters. The molecule has 0 aromatic carbocycles. The summed E-state index contributed by atoms with van der Waals surface area (Å²) in [7, 11) is 0. The lowest BCUT2D eigenvalue weighted by Gasteiger charge is -2.24. The molecule has 1 aliphatic heterocycles. The zero-order chi connectivity index (χ0) is 9.73. The standard InChI is InChI=1S/C11H20O2/c1-3-11(2,9-12)7-6-10-5-4-8-13-10/h3,10,12H,1,4-9H2,2H3. The highest BCUT2D eigenvalue weighted by Crippen LogP contribution is 2.27. The van der Waals surface area contributed by atoms with E-state index in [1.165, 1.54) is 12.8 Å². The van der Waals surface area contributed by atoms with Crippen LogP contribution < -0.4 is 0 Å². The molecule has 1 fully saturated rings. The summed E-state index contributed by atoms with van der Waals surface area (Å²) in [6.07, 6.45) is 6.65. The molecule has 0 radical (unpaired) electrons. The van der Waals surface area contributed by atoms with Gasteiger partial charge in [0.15, 0.2) is 0 Å². The van der Waals surface area contributed by atoms with Gasteiger partial charge in [-0.25, -0.2) is 0 Å². The summed E-state index contributed by atoms with van der Waals surface area (Å²) in [5.41, 5.74) is -0.119. The summed E-state index contributed by atoms with van der Waals surface area (Å²) >= 11 is 0. The summed E-state index contributed by atoms with van der Waals surface area (Å²) in [5, 5.41) is 9.15. The highest BCUT2D eigenvalue weighted by molar-refractivity contribution is 4.91. The maximum absolute atomic E-state index is 9.15. The predicted octanol–water partition coefficient (Wildman–Crippen LogP) is 2.13. The number of aliphatic hydroxyl groups is 1. The van der Waals surface area contributed by atoms with Gasteiger partial charge < -0.3 is 9.84 Å². The van der Waals surface area contributed by atoms with Gasteiger partial charge in [0, 0.05) is 12.0 Å². The maximum Gasteiger partial charge on any atom is 0.0576 e. The molecule has 0 aromatic rings. The minimum atomic E-state index is -0.119. The van der Waals surface area contributed by atoms with E-state index in [0.29, 0.717) is 6.10 Å². The topological polar surface area (TPSA) is 29.5 Å². The van der Waals surface area contributed by atoms with Gasteiger partial charge in [0.1, 0.15) is 0 Å². The zero-order valence-corrected chi connectivity index (χ0v) is 8.46. The molecule has 0 aromatic heterocycles. The second kappa shape index (κ2) is 4.77. The van der Waals surface area contributed by atoms with Crippen molar-refractivity contribution in [3.8, 4) is 0 Å². The van der Waals surface area contributed by atoms with E-state index in [9.17, 15) is 0 Å². The fourth-order valence-electron chi connectivity index (χ4n) is 1.61. The van der Waals surface area contributed by atoms with Gasteiger partial charge in [-0.05, 0) is 25.7 Å². The van der Waals surface area contributed by atoms with Crippen molar-refractivity contribution in [3.63, 3.8) is 0 Å². The Bertz CT molecular complexity index is 161. The van der Waals surface area contributed by atoms with Crippen LogP contribution in [0.25, 0.3) is 0 Å². The van der Waals surface area contributed by atoms with E-state index >= 15 is 0 Å². The molecule has 76 valence electrons. The third-order valence-corrected chi connectivity index (χ3v) is 2.92. The molecule has 13 heavy (non-hydrogen) atoms. The Morgan fingerprint density at radius 3 is 2.92 bits per heavy atom. The van der Waals surface area contributed by atoms with Crippen LogP contribution in [0.5, 0.6) is 0 Å². The second-order valence-corrected chi connectivity index (χ2v) is 4.19. The lowest BCUT2D eigenvalue weighted by Crippen LogP contribution is -2.20. The number of ether oxygens (including phenoxy) is 1. The Balaban J connectivity index is 2.26. The number of hydrogen-bond acceptors (Lipinski definition) is 2. The number of hydrogen-bond donors (Lipinski definition) is 1. The van der Waals surface area contributed by atoms with E-state index in [-0.39, 0.29) is 12.0 Å². The van der Waals surface area contributed by atoms with Crippen LogP contribution in [-0.2, 0) is 4.74 Å². The average Bonchev–Trinajstić information content (AvgIpc) is 2.67. The Kier molecular flexibility index (Phi) is 3.94. The molecular formula is C11H20O2. The summed E-state index contributed by atoms with van der Waals surface area (Å²) in [4.78, 5) is 0. The van der Waals surface area contributed by atoms with Gasteiger partial charge in [-0.3, -0.25) is 0 Å². The van der Waals surface area contributed by atoms with Crippen LogP contribution in [0.3, 0.4) is 0 Å². The van der Waals surface area contributed by atoms with Crippen LogP contribution in [0.1, 0.15) is 32.6 Å². The van der Waals surface area contributed by atoms with E-state index < -0.39 is 0 Å². The highest BCUT2D eigenvalue weighted by Gasteiger charge is 2.23. The van der Waals surface area contributed by atoms with Crippen LogP contribution in [0.4, 0.5) is 0 Å². The highest BCUT2D eigenvalue weighted by atomic mass is 16.5. The van der Waals surface area contributed by atoms with Crippen molar-refractivity contribution >= 4 is 0 Å². The van der Waals surface area contributed by atoms with Gasteiger partial charge >= 0.3 is 0 Å². The molecule has 1 N–H and O–H groups in total. The average molecular weight is 184 g/mol. The molecule has 1 rings (SSSR count). The molecule has 2 atom stereocenters. The van der Waals surface area contributed by atoms with Crippen LogP contribution in [0.15, 0.2) is 12.7 Å². The second-order valence-electron chi connectivity index (χ2n) is 4.19. The van der Waals surface area contributed by atoms with Gasteiger partial charge in [-0.1, -0.05) is 13.0 Å². The molecule has 1 heterocycles. The van der Waals surface area contributed by atoms with E-state index in [4.69, 9.17) is 9.84 Å². The predicted molar refractivity (Wildman–Crippen MR) is 53.6 cm³/mol. The van der Waals surface area contributed by atoms with Crippen LogP contribution in [0.2, 0.25) is 0 Å². The first kappa shape index (κ1) is 10.7. The molecule has 1 aliphatic rings. The Morgan fingerprint density at radius 1 is 1.69 bits per heavy atom. The number of aliphatic hydroxyl groups excluding tert-OH is 1. The lowest BCUT2D eigenvalue weighted by atomic mass is 9.85. The first-order valence-corrected chi connectivity index (χ1v) is 5.06. The monoisotopic (exact) mass is 184 g/mol. The molecule has 1 saturated heterocycles. The summed E-state index contributed by atoms with van der Waals surface area (Å²) in [6.45, 7) is 6.88. The van der Waals surface area contributed by atoms with Crippen LogP contribution >= 0.6 is 0 Å². The third-order valence-electron chi connectivity index (χ3n) is 2.92. The minimum absolute atomic E-state index is 0.119. The number of rotatable bonds is 5. The van der Waals surface area contributed by atoms with Gasteiger partial charge in [0.25, 0.3) is 0 Å².